The number of carbonyl (C=O) groups is 1. The van der Waals surface area contributed by atoms with Gasteiger partial charge in [-0.05, 0) is 73.4 Å². The van der Waals surface area contributed by atoms with Crippen LogP contribution in [0.15, 0.2) is 71.5 Å². The summed E-state index contributed by atoms with van der Waals surface area (Å²) >= 11 is 12.1. The first-order valence-corrected chi connectivity index (χ1v) is 13.6. The number of hydrogen-bond donors (Lipinski definition) is 0. The SMILES string of the molecule is CCC(c1nc2ccccc2c(=O)n1-c1ccc(F)c(Cl)c1)N(CCC(C)C)C(=O)COc1ccc(Cl)cc1. The Morgan fingerprint density at radius 3 is 2.46 bits per heavy atom. The van der Waals surface area contributed by atoms with E-state index >= 15 is 0 Å². The number of halogens is 3. The maximum atomic E-state index is 14.0. The highest BCUT2D eigenvalue weighted by molar-refractivity contribution is 6.31. The lowest BCUT2D eigenvalue weighted by Crippen LogP contribution is -2.41. The van der Waals surface area contributed by atoms with Crippen molar-refractivity contribution >= 4 is 40.0 Å². The second-order valence-electron chi connectivity index (χ2n) is 9.66. The molecule has 9 heteroatoms. The fraction of sp³-hybridized carbons (Fsp3) is 0.300. The van der Waals surface area contributed by atoms with Crippen molar-refractivity contribution in [1.82, 2.24) is 14.5 Å². The summed E-state index contributed by atoms with van der Waals surface area (Å²) in [4.78, 5) is 34.1. The lowest BCUT2D eigenvalue weighted by Gasteiger charge is -2.33. The number of aromatic nitrogens is 2. The van der Waals surface area contributed by atoms with Crippen LogP contribution in [0, 0.1) is 11.7 Å². The Labute approximate surface area is 236 Å². The van der Waals surface area contributed by atoms with Crippen LogP contribution < -0.4 is 10.3 Å². The highest BCUT2D eigenvalue weighted by atomic mass is 35.5. The van der Waals surface area contributed by atoms with Crippen LogP contribution in [0.4, 0.5) is 4.39 Å². The molecule has 0 aliphatic carbocycles. The second kappa shape index (κ2) is 12.6. The minimum Gasteiger partial charge on any atom is -0.484 e. The monoisotopic (exact) mass is 569 g/mol. The van der Waals surface area contributed by atoms with E-state index in [1.165, 1.54) is 22.8 Å². The minimum atomic E-state index is -0.594. The molecule has 0 radical (unpaired) electrons. The van der Waals surface area contributed by atoms with Gasteiger partial charge in [0.05, 0.1) is 27.7 Å². The Hall–Kier alpha value is -3.42. The van der Waals surface area contributed by atoms with Crippen molar-refractivity contribution in [3.05, 3.63) is 98.8 Å². The molecule has 0 aliphatic heterocycles. The van der Waals surface area contributed by atoms with Crippen molar-refractivity contribution in [2.45, 2.75) is 39.7 Å². The van der Waals surface area contributed by atoms with Crippen molar-refractivity contribution in [2.24, 2.45) is 5.92 Å². The van der Waals surface area contributed by atoms with E-state index in [4.69, 9.17) is 32.9 Å². The number of carbonyl (C=O) groups excluding carboxylic acids is 1. The summed E-state index contributed by atoms with van der Waals surface area (Å²) in [5.41, 5.74) is 0.547. The number of ether oxygens (including phenoxy) is 1. The highest BCUT2D eigenvalue weighted by Gasteiger charge is 2.29. The number of amides is 1. The van der Waals surface area contributed by atoms with E-state index in [-0.39, 0.29) is 23.1 Å². The van der Waals surface area contributed by atoms with Crippen LogP contribution in [-0.2, 0) is 4.79 Å². The Kier molecular flexibility index (Phi) is 9.25. The van der Waals surface area contributed by atoms with Crippen molar-refractivity contribution < 1.29 is 13.9 Å². The smallest absolute Gasteiger partial charge is 0.266 e. The van der Waals surface area contributed by atoms with Gasteiger partial charge in [-0.3, -0.25) is 14.2 Å². The molecule has 0 N–H and O–H groups in total. The van der Waals surface area contributed by atoms with Gasteiger partial charge in [-0.1, -0.05) is 56.1 Å². The number of fused-ring (bicyclic) bond motifs is 1. The summed E-state index contributed by atoms with van der Waals surface area (Å²) in [5, 5.41) is 0.859. The van der Waals surface area contributed by atoms with Crippen molar-refractivity contribution in [3.8, 4) is 11.4 Å². The van der Waals surface area contributed by atoms with Crippen molar-refractivity contribution in [1.29, 1.82) is 0 Å². The maximum absolute atomic E-state index is 14.0. The van der Waals surface area contributed by atoms with Gasteiger partial charge in [0.2, 0.25) is 0 Å². The fourth-order valence-corrected chi connectivity index (χ4v) is 4.70. The molecule has 1 aromatic heterocycles. The average Bonchev–Trinajstić information content (AvgIpc) is 2.92. The molecule has 0 bridgehead atoms. The van der Waals surface area contributed by atoms with Crippen LogP contribution in [0.1, 0.15) is 45.5 Å². The van der Waals surface area contributed by atoms with E-state index in [2.05, 4.69) is 13.8 Å². The molecule has 204 valence electrons. The molecule has 0 spiro atoms. The zero-order chi connectivity index (χ0) is 28.1. The molecular weight excluding hydrogens is 540 g/mol. The van der Waals surface area contributed by atoms with E-state index < -0.39 is 11.9 Å². The first-order chi connectivity index (χ1) is 18.7. The Morgan fingerprint density at radius 2 is 1.79 bits per heavy atom. The fourth-order valence-electron chi connectivity index (χ4n) is 4.40. The molecule has 0 fully saturated rings. The van der Waals surface area contributed by atoms with Gasteiger partial charge in [0.25, 0.3) is 11.5 Å². The van der Waals surface area contributed by atoms with E-state index in [1.807, 2.05) is 6.92 Å². The molecule has 1 unspecified atom stereocenters. The Balaban J connectivity index is 1.81. The number of hydrogen-bond acceptors (Lipinski definition) is 4. The van der Waals surface area contributed by atoms with Crippen LogP contribution >= 0.6 is 23.2 Å². The van der Waals surface area contributed by atoms with Crippen molar-refractivity contribution in [3.63, 3.8) is 0 Å². The summed E-state index contributed by atoms with van der Waals surface area (Å²) in [5.74, 6) is 0.379. The van der Waals surface area contributed by atoms with Crippen LogP contribution in [0.25, 0.3) is 16.6 Å². The lowest BCUT2D eigenvalue weighted by atomic mass is 10.1. The van der Waals surface area contributed by atoms with E-state index in [0.29, 0.717) is 52.1 Å². The zero-order valence-electron chi connectivity index (χ0n) is 22.0. The summed E-state index contributed by atoms with van der Waals surface area (Å²) in [6.45, 7) is 6.34. The molecule has 4 aromatic rings. The normalized spacial score (nSPS) is 12.1. The van der Waals surface area contributed by atoms with Gasteiger partial charge in [0.1, 0.15) is 17.4 Å². The standard InChI is InChI=1S/C30H30Cl2FN3O3/c1-4-27(35(16-15-19(2)3)28(37)18-39-22-12-9-20(31)10-13-22)29-34-26-8-6-5-7-23(26)30(38)36(29)21-11-14-25(33)24(32)17-21/h5-14,17,19,27H,4,15-16,18H2,1-3H3. The van der Waals surface area contributed by atoms with Gasteiger partial charge in [0, 0.05) is 11.6 Å². The molecule has 1 amide bonds. The third-order valence-corrected chi connectivity index (χ3v) is 7.01. The van der Waals surface area contributed by atoms with E-state index in [0.717, 1.165) is 6.42 Å². The third kappa shape index (κ3) is 6.60. The molecule has 0 aliphatic rings. The third-order valence-electron chi connectivity index (χ3n) is 6.47. The summed E-state index contributed by atoms with van der Waals surface area (Å²) in [6, 6.07) is 17.3. The van der Waals surface area contributed by atoms with Gasteiger partial charge in [-0.2, -0.15) is 0 Å². The van der Waals surface area contributed by atoms with Gasteiger partial charge >= 0.3 is 0 Å². The molecule has 39 heavy (non-hydrogen) atoms. The molecule has 1 heterocycles. The van der Waals surface area contributed by atoms with Crippen LogP contribution in [-0.4, -0.2) is 33.5 Å². The van der Waals surface area contributed by atoms with Gasteiger partial charge in [-0.15, -0.1) is 0 Å². The number of para-hydroxylation sites is 1. The van der Waals surface area contributed by atoms with Crippen LogP contribution in [0.3, 0.4) is 0 Å². The lowest BCUT2D eigenvalue weighted by molar-refractivity contribution is -0.136. The highest BCUT2D eigenvalue weighted by Crippen LogP contribution is 2.28. The Morgan fingerprint density at radius 1 is 1.08 bits per heavy atom. The minimum absolute atomic E-state index is 0.115. The van der Waals surface area contributed by atoms with E-state index in [9.17, 15) is 14.0 Å². The summed E-state index contributed by atoms with van der Waals surface area (Å²) < 4.78 is 21.3. The molecule has 3 aromatic carbocycles. The predicted molar refractivity (Wildman–Crippen MR) is 153 cm³/mol. The first kappa shape index (κ1) is 28.6. The zero-order valence-corrected chi connectivity index (χ0v) is 23.5. The molecule has 0 saturated heterocycles. The number of rotatable bonds is 10. The van der Waals surface area contributed by atoms with Crippen LogP contribution in [0.5, 0.6) is 5.75 Å². The van der Waals surface area contributed by atoms with Crippen LogP contribution in [0.2, 0.25) is 10.0 Å². The van der Waals surface area contributed by atoms with Gasteiger partial charge in [0.15, 0.2) is 6.61 Å². The molecule has 0 saturated carbocycles. The predicted octanol–water partition coefficient (Wildman–Crippen LogP) is 7.24. The quantitative estimate of drug-likeness (QED) is 0.202. The largest absolute Gasteiger partial charge is 0.484 e. The molecule has 4 rings (SSSR count). The van der Waals surface area contributed by atoms with Gasteiger partial charge in [-0.25, -0.2) is 9.37 Å². The van der Waals surface area contributed by atoms with Crippen molar-refractivity contribution in [2.75, 3.05) is 13.2 Å². The topological polar surface area (TPSA) is 64.4 Å². The van der Waals surface area contributed by atoms with E-state index in [1.54, 1.807) is 53.4 Å². The number of benzene rings is 3. The summed E-state index contributed by atoms with van der Waals surface area (Å²) in [6.07, 6.45) is 1.22. The number of nitrogens with zero attached hydrogens (tertiary/aromatic N) is 3. The molecule has 1 atom stereocenters. The summed E-state index contributed by atoms with van der Waals surface area (Å²) in [7, 11) is 0. The first-order valence-electron chi connectivity index (χ1n) is 12.8. The second-order valence-corrected chi connectivity index (χ2v) is 10.5. The maximum Gasteiger partial charge on any atom is 0.266 e. The average molecular weight is 570 g/mol. The molecular formula is C30H30Cl2FN3O3. The Bertz CT molecular complexity index is 1520. The molecule has 6 nitrogen and oxygen atoms in total. The van der Waals surface area contributed by atoms with Gasteiger partial charge < -0.3 is 9.64 Å².